The van der Waals surface area contributed by atoms with Crippen LogP contribution in [0.25, 0.3) is 11.1 Å². The van der Waals surface area contributed by atoms with Gasteiger partial charge in [0.2, 0.25) is 5.91 Å². The van der Waals surface area contributed by atoms with Crippen LogP contribution in [0.1, 0.15) is 12.5 Å². The molecule has 2 amide bonds. The van der Waals surface area contributed by atoms with Crippen molar-refractivity contribution >= 4 is 23.5 Å². The number of hydrogen-bond acceptors (Lipinski definition) is 8. The van der Waals surface area contributed by atoms with E-state index >= 15 is 4.39 Å². The van der Waals surface area contributed by atoms with Crippen molar-refractivity contribution < 1.29 is 37.5 Å². The minimum Gasteiger partial charge on any atom is -0.443 e. The molecule has 0 spiro atoms. The highest BCUT2D eigenvalue weighted by Gasteiger charge is 2.33. The number of aromatic nitrogens is 2. The molecule has 204 valence electrons. The van der Waals surface area contributed by atoms with Gasteiger partial charge in [-0.1, -0.05) is 6.07 Å². The number of halogens is 2. The van der Waals surface area contributed by atoms with Gasteiger partial charge in [-0.05, 0) is 40.8 Å². The summed E-state index contributed by atoms with van der Waals surface area (Å²) in [6, 6.07) is 8.32. The van der Waals surface area contributed by atoms with E-state index in [0.29, 0.717) is 5.56 Å². The summed E-state index contributed by atoms with van der Waals surface area (Å²) < 4.78 is 47.8. The molecule has 2 atom stereocenters. The van der Waals surface area contributed by atoms with Crippen LogP contribution in [0.15, 0.2) is 42.6 Å². The van der Waals surface area contributed by atoms with E-state index in [1.54, 1.807) is 0 Å². The van der Waals surface area contributed by atoms with Gasteiger partial charge in [0.1, 0.15) is 36.6 Å². The summed E-state index contributed by atoms with van der Waals surface area (Å²) in [5.74, 6) is -1.97. The molecule has 0 radical (unpaired) electrons. The first kappa shape index (κ1) is 26.0. The number of nitrogens with zero attached hydrogens (tertiary/aromatic N) is 4. The van der Waals surface area contributed by atoms with Crippen molar-refractivity contribution in [1.29, 1.82) is 0 Å². The Hall–Kier alpha value is -4.59. The van der Waals surface area contributed by atoms with E-state index in [-0.39, 0.29) is 67.4 Å². The predicted molar refractivity (Wildman–Crippen MR) is 131 cm³/mol. The second-order valence-corrected chi connectivity index (χ2v) is 9.07. The van der Waals surface area contributed by atoms with E-state index in [1.807, 2.05) is 0 Å². The second kappa shape index (κ2) is 10.6. The van der Waals surface area contributed by atoms with Gasteiger partial charge in [-0.25, -0.2) is 13.6 Å². The van der Waals surface area contributed by atoms with E-state index in [4.69, 9.17) is 14.2 Å². The lowest BCUT2D eigenvalue weighted by Gasteiger charge is -2.22. The largest absolute Gasteiger partial charge is 0.443 e. The number of anilines is 1. The summed E-state index contributed by atoms with van der Waals surface area (Å²) in [5, 5.41) is 13.5. The zero-order chi connectivity index (χ0) is 27.7. The molecule has 3 aromatic rings. The summed E-state index contributed by atoms with van der Waals surface area (Å²) in [5.41, 5.74) is 0.820. The average molecular weight is 543 g/mol. The molecule has 39 heavy (non-hydrogen) atoms. The molecule has 3 heterocycles. The molecule has 2 unspecified atom stereocenters. The number of rotatable bonds is 8. The highest BCUT2D eigenvalue weighted by Crippen LogP contribution is 2.31. The minimum absolute atomic E-state index is 0.00294. The van der Waals surface area contributed by atoms with Crippen molar-refractivity contribution in [2.45, 2.75) is 32.3 Å². The number of benzene rings is 2. The predicted octanol–water partition coefficient (Wildman–Crippen LogP) is 3.18. The van der Waals surface area contributed by atoms with Crippen molar-refractivity contribution in [3.8, 4) is 17.1 Å². The maximum absolute atomic E-state index is 15.1. The molecule has 2 aliphatic heterocycles. The Morgan fingerprint density at radius 2 is 2.03 bits per heavy atom. The molecule has 1 aromatic heterocycles. The fraction of sp³-hybridized carbons (Fsp3) is 0.320. The van der Waals surface area contributed by atoms with Gasteiger partial charge in [0, 0.05) is 23.0 Å². The first-order valence-electron chi connectivity index (χ1n) is 11.9. The number of ether oxygens (including phenoxy) is 3. The van der Waals surface area contributed by atoms with Gasteiger partial charge >= 0.3 is 17.9 Å². The van der Waals surface area contributed by atoms with Crippen molar-refractivity contribution in [3.63, 3.8) is 0 Å². The van der Waals surface area contributed by atoms with Crippen LogP contribution < -0.4 is 15.0 Å². The lowest BCUT2D eigenvalue weighted by atomic mass is 10.0. The number of nitrogens with one attached hydrogen (secondary N) is 1. The Kier molecular flexibility index (Phi) is 7.11. The number of imidazole rings is 1. The monoisotopic (exact) mass is 543 g/mol. The van der Waals surface area contributed by atoms with Gasteiger partial charge in [0.25, 0.3) is 0 Å². The van der Waals surface area contributed by atoms with Crippen molar-refractivity contribution in [3.05, 3.63) is 69.9 Å². The van der Waals surface area contributed by atoms with Gasteiger partial charge < -0.3 is 29.6 Å². The topological polar surface area (TPSA) is 138 Å². The van der Waals surface area contributed by atoms with Crippen LogP contribution in [-0.4, -0.2) is 58.4 Å². The number of nitro groups is 1. The third kappa shape index (κ3) is 5.65. The SMILES string of the molecule is CC(=O)NCC1CN(c2ccc(-c3cc(COC4COc5nc([N+](=O)[O-])cn5C4)ccc3F)c(F)c2)C(=O)O1. The summed E-state index contributed by atoms with van der Waals surface area (Å²) in [6.45, 7) is 2.07. The van der Waals surface area contributed by atoms with Gasteiger partial charge in [-0.2, -0.15) is 0 Å². The number of carbonyl (C=O) groups excluding carboxylic acids is 2. The third-order valence-corrected chi connectivity index (χ3v) is 6.24. The smallest absolute Gasteiger partial charge is 0.414 e. The fourth-order valence-corrected chi connectivity index (χ4v) is 4.33. The highest BCUT2D eigenvalue weighted by atomic mass is 19.1. The van der Waals surface area contributed by atoms with E-state index in [9.17, 15) is 24.1 Å². The van der Waals surface area contributed by atoms with Gasteiger partial charge in [0.15, 0.2) is 0 Å². The lowest BCUT2D eigenvalue weighted by molar-refractivity contribution is -0.389. The van der Waals surface area contributed by atoms with Crippen molar-refractivity contribution in [2.75, 3.05) is 24.6 Å². The zero-order valence-corrected chi connectivity index (χ0v) is 20.6. The molecule has 12 nitrogen and oxygen atoms in total. The Morgan fingerprint density at radius 3 is 2.77 bits per heavy atom. The number of cyclic esters (lactones) is 1. The molecule has 2 aromatic carbocycles. The molecular formula is C25H23F2N5O7. The maximum Gasteiger partial charge on any atom is 0.414 e. The van der Waals surface area contributed by atoms with Gasteiger partial charge in [-0.3, -0.25) is 14.3 Å². The molecule has 1 fully saturated rings. The molecular weight excluding hydrogens is 520 g/mol. The molecule has 0 aliphatic carbocycles. The third-order valence-electron chi connectivity index (χ3n) is 6.24. The van der Waals surface area contributed by atoms with E-state index < -0.39 is 34.9 Å². The Morgan fingerprint density at radius 1 is 1.21 bits per heavy atom. The van der Waals surface area contributed by atoms with E-state index in [2.05, 4.69) is 10.3 Å². The van der Waals surface area contributed by atoms with Crippen molar-refractivity contribution in [1.82, 2.24) is 14.9 Å². The number of fused-ring (bicyclic) bond motifs is 1. The van der Waals surface area contributed by atoms with Crippen LogP contribution in [0.2, 0.25) is 0 Å². The highest BCUT2D eigenvalue weighted by molar-refractivity contribution is 5.90. The normalized spacial score (nSPS) is 18.3. The van der Waals surface area contributed by atoms with Crippen LogP contribution in [0, 0.1) is 21.7 Å². The summed E-state index contributed by atoms with van der Waals surface area (Å²) in [6.07, 6.45) is -0.432. The molecule has 14 heteroatoms. The minimum atomic E-state index is -0.738. The summed E-state index contributed by atoms with van der Waals surface area (Å²) in [7, 11) is 0. The first-order valence-corrected chi connectivity index (χ1v) is 11.9. The summed E-state index contributed by atoms with van der Waals surface area (Å²) in [4.78, 5) is 38.7. The van der Waals surface area contributed by atoms with Crippen LogP contribution in [-0.2, 0) is 27.4 Å². The average Bonchev–Trinajstić information content (AvgIpc) is 3.50. The fourth-order valence-electron chi connectivity index (χ4n) is 4.33. The van der Waals surface area contributed by atoms with Crippen LogP contribution in [0.4, 0.5) is 25.1 Å². The number of carbonyl (C=O) groups is 2. The summed E-state index contributed by atoms with van der Waals surface area (Å²) >= 11 is 0. The molecule has 0 bridgehead atoms. The molecule has 1 N–H and O–H groups in total. The van der Waals surface area contributed by atoms with E-state index in [1.165, 1.54) is 52.9 Å². The van der Waals surface area contributed by atoms with E-state index in [0.717, 1.165) is 6.07 Å². The van der Waals surface area contributed by atoms with Crippen LogP contribution >= 0.6 is 0 Å². The maximum atomic E-state index is 15.1. The Balaban J connectivity index is 1.26. The van der Waals surface area contributed by atoms with Crippen LogP contribution in [0.3, 0.4) is 0 Å². The zero-order valence-electron chi connectivity index (χ0n) is 20.6. The van der Waals surface area contributed by atoms with Gasteiger partial charge in [-0.15, -0.1) is 0 Å². The van der Waals surface area contributed by atoms with Gasteiger partial charge in [0.05, 0.1) is 31.9 Å². The first-order chi connectivity index (χ1) is 18.7. The Bertz CT molecular complexity index is 1450. The van der Waals surface area contributed by atoms with Crippen LogP contribution in [0.5, 0.6) is 6.01 Å². The molecule has 2 aliphatic rings. The molecule has 1 saturated heterocycles. The Labute approximate surface area is 220 Å². The number of hydrogen-bond donors (Lipinski definition) is 1. The quantitative estimate of drug-likeness (QED) is 0.338. The van der Waals surface area contributed by atoms with Crippen molar-refractivity contribution in [2.24, 2.45) is 0 Å². The molecule has 0 saturated carbocycles. The lowest BCUT2D eigenvalue weighted by Crippen LogP contribution is -2.33. The molecule has 5 rings (SSSR count). The standard InChI is InChI=1S/C25H23F2N5O7/c1-14(33)28-8-17-10-31(25(34)39-17)16-3-4-19(22(27)7-16)20-6-15(2-5-21(20)26)12-37-18-9-30-11-23(32(35)36)29-24(30)38-13-18/h2-7,11,17-18H,8-10,12-13H2,1H3,(H,28,33). The second-order valence-electron chi connectivity index (χ2n) is 9.07. The number of amides is 2.